The molecule has 2 N–H and O–H groups in total. The number of anilines is 2. The lowest BCUT2D eigenvalue weighted by molar-refractivity contribution is 0.102. The molecule has 0 saturated heterocycles. The first-order valence-electron chi connectivity index (χ1n) is 7.87. The summed E-state index contributed by atoms with van der Waals surface area (Å²) < 4.78 is 0. The van der Waals surface area contributed by atoms with Crippen molar-refractivity contribution in [3.63, 3.8) is 0 Å². The van der Waals surface area contributed by atoms with Crippen molar-refractivity contribution in [2.45, 2.75) is 13.8 Å². The Bertz CT molecular complexity index is 931. The third kappa shape index (κ3) is 3.95. The molecule has 0 spiro atoms. The number of hydrogen-bond donors (Lipinski definition) is 2. The van der Waals surface area contributed by atoms with Crippen LogP contribution < -0.4 is 10.6 Å². The van der Waals surface area contributed by atoms with Gasteiger partial charge in [0, 0.05) is 5.69 Å². The molecule has 4 nitrogen and oxygen atoms in total. The number of nitrogens with one attached hydrogen (secondary N) is 2. The quantitative estimate of drug-likeness (QED) is 0.705. The molecular formula is C20H18N2O2S. The summed E-state index contributed by atoms with van der Waals surface area (Å²) in [6.45, 7) is 3.86. The van der Waals surface area contributed by atoms with Gasteiger partial charge in [0.25, 0.3) is 11.8 Å². The van der Waals surface area contributed by atoms with Gasteiger partial charge in [-0.3, -0.25) is 9.59 Å². The minimum atomic E-state index is -0.260. The Balaban J connectivity index is 1.82. The van der Waals surface area contributed by atoms with Crippen molar-refractivity contribution in [2.24, 2.45) is 0 Å². The standard InChI is InChI=1S/C20H18N2O2S/c1-13-6-5-7-15(12-13)21-19(23)16-8-3-4-9-17(16)22-20(24)18-14(2)10-11-25-18/h3-12H,1-2H3,(H,21,23)(H,22,24). The maximum atomic E-state index is 12.6. The van der Waals surface area contributed by atoms with Crippen LogP contribution in [0.25, 0.3) is 0 Å². The second-order valence-corrected chi connectivity index (χ2v) is 6.67. The van der Waals surface area contributed by atoms with Crippen LogP contribution >= 0.6 is 11.3 Å². The van der Waals surface area contributed by atoms with E-state index in [4.69, 9.17) is 0 Å². The van der Waals surface area contributed by atoms with Gasteiger partial charge in [0.1, 0.15) is 0 Å². The van der Waals surface area contributed by atoms with Gasteiger partial charge in [-0.2, -0.15) is 0 Å². The molecule has 0 aliphatic heterocycles. The minimum absolute atomic E-state index is 0.205. The molecule has 0 atom stereocenters. The van der Waals surface area contributed by atoms with Gasteiger partial charge in [0.2, 0.25) is 0 Å². The lowest BCUT2D eigenvalue weighted by Crippen LogP contribution is -2.18. The van der Waals surface area contributed by atoms with Gasteiger partial charge < -0.3 is 10.6 Å². The Hall–Kier alpha value is -2.92. The number of aryl methyl sites for hydroxylation is 2. The summed E-state index contributed by atoms with van der Waals surface area (Å²) in [6.07, 6.45) is 0. The van der Waals surface area contributed by atoms with E-state index in [9.17, 15) is 9.59 Å². The number of rotatable bonds is 4. The van der Waals surface area contributed by atoms with Crippen molar-refractivity contribution in [3.8, 4) is 0 Å². The van der Waals surface area contributed by atoms with Gasteiger partial charge in [-0.25, -0.2) is 0 Å². The molecule has 3 rings (SSSR count). The summed E-state index contributed by atoms with van der Waals surface area (Å²) in [6, 6.07) is 16.5. The van der Waals surface area contributed by atoms with Crippen molar-refractivity contribution in [2.75, 3.05) is 10.6 Å². The average molecular weight is 350 g/mol. The van der Waals surface area contributed by atoms with Crippen LogP contribution in [0.3, 0.4) is 0 Å². The molecule has 2 aromatic carbocycles. The number of amides is 2. The maximum Gasteiger partial charge on any atom is 0.266 e. The lowest BCUT2D eigenvalue weighted by atomic mass is 10.1. The maximum absolute atomic E-state index is 12.6. The van der Waals surface area contributed by atoms with Crippen molar-refractivity contribution in [3.05, 3.63) is 81.5 Å². The van der Waals surface area contributed by atoms with Crippen LogP contribution in [0, 0.1) is 13.8 Å². The Labute approximate surface area is 150 Å². The van der Waals surface area contributed by atoms with Crippen LogP contribution in [0.5, 0.6) is 0 Å². The monoisotopic (exact) mass is 350 g/mol. The third-order valence-electron chi connectivity index (χ3n) is 3.76. The van der Waals surface area contributed by atoms with E-state index < -0.39 is 0 Å². The second kappa shape index (κ2) is 7.32. The summed E-state index contributed by atoms with van der Waals surface area (Å²) in [4.78, 5) is 25.7. The lowest BCUT2D eigenvalue weighted by Gasteiger charge is -2.11. The van der Waals surface area contributed by atoms with E-state index in [1.165, 1.54) is 11.3 Å². The zero-order chi connectivity index (χ0) is 17.8. The molecule has 0 aliphatic carbocycles. The van der Waals surface area contributed by atoms with Crippen molar-refractivity contribution in [1.29, 1.82) is 0 Å². The zero-order valence-corrected chi connectivity index (χ0v) is 14.8. The Morgan fingerprint density at radius 3 is 2.40 bits per heavy atom. The molecule has 0 saturated carbocycles. The minimum Gasteiger partial charge on any atom is -0.322 e. The molecule has 2 amide bonds. The highest BCUT2D eigenvalue weighted by atomic mass is 32.1. The third-order valence-corrected chi connectivity index (χ3v) is 4.78. The normalized spacial score (nSPS) is 10.3. The van der Waals surface area contributed by atoms with Crippen molar-refractivity contribution >= 4 is 34.5 Å². The fraction of sp³-hybridized carbons (Fsp3) is 0.100. The Morgan fingerprint density at radius 2 is 1.68 bits per heavy atom. The van der Waals surface area contributed by atoms with Crippen molar-refractivity contribution in [1.82, 2.24) is 0 Å². The SMILES string of the molecule is Cc1cccc(NC(=O)c2ccccc2NC(=O)c2sccc2C)c1. The van der Waals surface area contributed by atoms with Gasteiger partial charge in [-0.15, -0.1) is 11.3 Å². The number of thiophene rings is 1. The first-order valence-corrected chi connectivity index (χ1v) is 8.75. The van der Waals surface area contributed by atoms with Crippen LogP contribution in [-0.4, -0.2) is 11.8 Å². The molecule has 0 unspecified atom stereocenters. The molecule has 25 heavy (non-hydrogen) atoms. The topological polar surface area (TPSA) is 58.2 Å². The molecule has 1 heterocycles. The summed E-state index contributed by atoms with van der Waals surface area (Å²) >= 11 is 1.38. The van der Waals surface area contributed by atoms with E-state index in [0.717, 1.165) is 16.8 Å². The molecule has 3 aromatic rings. The second-order valence-electron chi connectivity index (χ2n) is 5.76. The van der Waals surface area contributed by atoms with Crippen LogP contribution in [0.15, 0.2) is 60.0 Å². The van der Waals surface area contributed by atoms with E-state index in [2.05, 4.69) is 10.6 Å². The van der Waals surface area contributed by atoms with E-state index >= 15 is 0 Å². The van der Waals surface area contributed by atoms with E-state index in [0.29, 0.717) is 16.1 Å². The van der Waals surface area contributed by atoms with E-state index in [1.54, 1.807) is 24.3 Å². The molecule has 0 fully saturated rings. The predicted octanol–water partition coefficient (Wildman–Crippen LogP) is 4.87. The van der Waals surface area contributed by atoms with Gasteiger partial charge in [0.05, 0.1) is 16.1 Å². The molecule has 126 valence electrons. The van der Waals surface area contributed by atoms with Crippen molar-refractivity contribution < 1.29 is 9.59 Å². The van der Waals surface area contributed by atoms with Gasteiger partial charge in [-0.05, 0) is 60.7 Å². The smallest absolute Gasteiger partial charge is 0.266 e. The number of benzene rings is 2. The Morgan fingerprint density at radius 1 is 0.880 bits per heavy atom. The fourth-order valence-electron chi connectivity index (χ4n) is 2.50. The van der Waals surface area contributed by atoms with Gasteiger partial charge >= 0.3 is 0 Å². The number of hydrogen-bond acceptors (Lipinski definition) is 3. The van der Waals surface area contributed by atoms with Crippen LogP contribution in [0.2, 0.25) is 0 Å². The Kier molecular flexibility index (Phi) is 4.95. The fourth-order valence-corrected chi connectivity index (χ4v) is 3.32. The summed E-state index contributed by atoms with van der Waals surface area (Å²) in [5, 5.41) is 7.59. The van der Waals surface area contributed by atoms with Crippen LogP contribution in [0.1, 0.15) is 31.2 Å². The highest BCUT2D eigenvalue weighted by molar-refractivity contribution is 7.12. The van der Waals surface area contributed by atoms with Crippen LogP contribution in [-0.2, 0) is 0 Å². The van der Waals surface area contributed by atoms with Gasteiger partial charge in [-0.1, -0.05) is 24.3 Å². The highest BCUT2D eigenvalue weighted by Gasteiger charge is 2.16. The molecule has 0 radical (unpaired) electrons. The highest BCUT2D eigenvalue weighted by Crippen LogP contribution is 2.21. The average Bonchev–Trinajstić information content (AvgIpc) is 3.01. The van der Waals surface area contributed by atoms with E-state index in [1.807, 2.05) is 49.6 Å². The molecular weight excluding hydrogens is 332 g/mol. The van der Waals surface area contributed by atoms with E-state index in [-0.39, 0.29) is 11.8 Å². The van der Waals surface area contributed by atoms with Crippen LogP contribution in [0.4, 0.5) is 11.4 Å². The molecule has 0 aliphatic rings. The molecule has 5 heteroatoms. The van der Waals surface area contributed by atoms with Gasteiger partial charge in [0.15, 0.2) is 0 Å². The summed E-state index contributed by atoms with van der Waals surface area (Å²) in [7, 11) is 0. The molecule has 1 aromatic heterocycles. The number of carbonyl (C=O) groups excluding carboxylic acids is 2. The predicted molar refractivity (Wildman–Crippen MR) is 103 cm³/mol. The number of carbonyl (C=O) groups is 2. The molecule has 0 bridgehead atoms. The largest absolute Gasteiger partial charge is 0.322 e. The first kappa shape index (κ1) is 16.9. The summed E-state index contributed by atoms with van der Waals surface area (Å²) in [5.74, 6) is -0.465. The number of para-hydroxylation sites is 1. The first-order chi connectivity index (χ1) is 12.0. The summed E-state index contributed by atoms with van der Waals surface area (Å²) in [5.41, 5.74) is 3.62. The zero-order valence-electron chi connectivity index (χ0n) is 14.0.